The maximum absolute atomic E-state index is 13.4. The SMILES string of the molecule is CC1=C(C(F)(F)F)N(c2ccc(C3CN(C(=O)N4CC[C@@H]5OCC(=O)N[C@@H]5C4)C3)cc2)CC1. The molecule has 1 N–H and O–H groups in total. The largest absolute Gasteiger partial charge is 0.431 e. The molecular weight excluding hydrogens is 437 g/mol. The first-order chi connectivity index (χ1) is 15.7. The van der Waals surface area contributed by atoms with Crippen molar-refractivity contribution in [3.63, 3.8) is 0 Å². The highest BCUT2D eigenvalue weighted by Crippen LogP contribution is 2.40. The Kier molecular flexibility index (Phi) is 5.50. The van der Waals surface area contributed by atoms with Crippen LogP contribution in [0, 0.1) is 0 Å². The summed E-state index contributed by atoms with van der Waals surface area (Å²) in [6.07, 6.45) is -3.31. The molecule has 0 aliphatic carbocycles. The molecule has 4 aliphatic rings. The minimum Gasteiger partial charge on any atom is -0.366 e. The topological polar surface area (TPSA) is 65.1 Å². The number of piperidine rings is 1. The molecular formula is C23H27F3N4O3. The van der Waals surface area contributed by atoms with Crippen LogP contribution in [0.1, 0.15) is 31.2 Å². The Hall–Kier alpha value is -2.75. The first kappa shape index (κ1) is 22.1. The first-order valence-electron chi connectivity index (χ1n) is 11.3. The average molecular weight is 464 g/mol. The number of hydrogen-bond donors (Lipinski definition) is 1. The molecule has 0 bridgehead atoms. The third kappa shape index (κ3) is 4.16. The lowest BCUT2D eigenvalue weighted by molar-refractivity contribution is -0.139. The van der Waals surface area contributed by atoms with E-state index in [1.165, 1.54) is 11.8 Å². The third-order valence-corrected chi connectivity index (χ3v) is 7.08. The van der Waals surface area contributed by atoms with Gasteiger partial charge < -0.3 is 24.8 Å². The Morgan fingerprint density at radius 3 is 2.52 bits per heavy atom. The fourth-order valence-electron chi connectivity index (χ4n) is 5.24. The lowest BCUT2D eigenvalue weighted by Crippen LogP contribution is -2.63. The second-order valence-electron chi connectivity index (χ2n) is 9.26. The standard InChI is InChI=1S/C23H27F3N4O3/c1-14-6-9-30(21(14)23(24,25)26)17-4-2-15(3-5-17)16-10-29(11-16)22(32)28-8-7-19-18(12-28)27-20(31)13-33-19/h2-5,16,18-19H,6-13H2,1H3,(H,27,31)/t18-,19+/m1/s1. The summed E-state index contributed by atoms with van der Waals surface area (Å²) in [6, 6.07) is 6.99. The van der Waals surface area contributed by atoms with E-state index in [4.69, 9.17) is 4.74 Å². The second kappa shape index (κ2) is 8.23. The number of benzene rings is 1. The number of morpholine rings is 1. The molecule has 0 spiro atoms. The Balaban J connectivity index is 1.17. The van der Waals surface area contributed by atoms with Crippen LogP contribution in [-0.4, -0.2) is 79.4 Å². The number of carbonyl (C=O) groups is 2. The molecule has 1 aromatic carbocycles. The fraction of sp³-hybridized carbons (Fsp3) is 0.565. The average Bonchev–Trinajstić information content (AvgIpc) is 3.14. The summed E-state index contributed by atoms with van der Waals surface area (Å²) in [5.74, 6) is 0.0103. The van der Waals surface area contributed by atoms with Crippen molar-refractivity contribution in [2.75, 3.05) is 44.2 Å². The Bertz CT molecular complexity index is 972. The van der Waals surface area contributed by atoms with Gasteiger partial charge in [0, 0.05) is 44.3 Å². The lowest BCUT2D eigenvalue weighted by Gasteiger charge is -2.46. The summed E-state index contributed by atoms with van der Waals surface area (Å²) in [4.78, 5) is 29.3. The third-order valence-electron chi connectivity index (χ3n) is 7.08. The summed E-state index contributed by atoms with van der Waals surface area (Å²) in [6.45, 7) is 4.12. The molecule has 5 rings (SSSR count). The number of rotatable bonds is 2. The Morgan fingerprint density at radius 2 is 1.82 bits per heavy atom. The number of nitrogens with zero attached hydrogens (tertiary/aromatic N) is 3. The lowest BCUT2D eigenvalue weighted by atomic mass is 9.91. The van der Waals surface area contributed by atoms with Crippen molar-refractivity contribution >= 4 is 17.6 Å². The van der Waals surface area contributed by atoms with E-state index in [9.17, 15) is 22.8 Å². The van der Waals surface area contributed by atoms with Crippen LogP contribution in [0.15, 0.2) is 35.5 Å². The van der Waals surface area contributed by atoms with Crippen LogP contribution in [0.5, 0.6) is 0 Å². The summed E-state index contributed by atoms with van der Waals surface area (Å²) < 4.78 is 45.8. The van der Waals surface area contributed by atoms with Crippen LogP contribution >= 0.6 is 0 Å². The maximum atomic E-state index is 13.4. The number of fused-ring (bicyclic) bond motifs is 1. The Labute approximate surface area is 190 Å². The molecule has 4 aliphatic heterocycles. The zero-order valence-corrected chi connectivity index (χ0v) is 18.4. The first-order valence-corrected chi connectivity index (χ1v) is 11.3. The van der Waals surface area contributed by atoms with Gasteiger partial charge in [0.05, 0.1) is 12.1 Å². The number of ether oxygens (including phenoxy) is 1. The van der Waals surface area contributed by atoms with Gasteiger partial charge in [-0.2, -0.15) is 13.2 Å². The predicted molar refractivity (Wildman–Crippen MR) is 115 cm³/mol. The van der Waals surface area contributed by atoms with E-state index in [1.54, 1.807) is 21.9 Å². The van der Waals surface area contributed by atoms with Gasteiger partial charge in [-0.15, -0.1) is 0 Å². The minimum absolute atomic E-state index is 0.0403. The number of carbonyl (C=O) groups excluding carboxylic acids is 2. The van der Waals surface area contributed by atoms with Crippen LogP contribution in [0.3, 0.4) is 0 Å². The molecule has 1 aromatic rings. The number of hydrogen-bond acceptors (Lipinski definition) is 4. The summed E-state index contributed by atoms with van der Waals surface area (Å²) >= 11 is 0. The van der Waals surface area contributed by atoms with E-state index in [0.29, 0.717) is 56.8 Å². The van der Waals surface area contributed by atoms with E-state index in [1.807, 2.05) is 12.1 Å². The molecule has 0 radical (unpaired) electrons. The van der Waals surface area contributed by atoms with Crippen molar-refractivity contribution < 1.29 is 27.5 Å². The van der Waals surface area contributed by atoms with E-state index in [-0.39, 0.29) is 36.6 Å². The van der Waals surface area contributed by atoms with Gasteiger partial charge in [0.25, 0.3) is 0 Å². The van der Waals surface area contributed by atoms with Crippen molar-refractivity contribution in [2.24, 2.45) is 0 Å². The molecule has 33 heavy (non-hydrogen) atoms. The van der Waals surface area contributed by atoms with Crippen LogP contribution < -0.4 is 10.2 Å². The van der Waals surface area contributed by atoms with Crippen LogP contribution in [-0.2, 0) is 9.53 Å². The zero-order chi connectivity index (χ0) is 23.3. The number of likely N-dealkylation sites (tertiary alicyclic amines) is 2. The molecule has 0 saturated carbocycles. The van der Waals surface area contributed by atoms with Crippen molar-refractivity contribution in [3.05, 3.63) is 41.1 Å². The van der Waals surface area contributed by atoms with Crippen molar-refractivity contribution in [1.82, 2.24) is 15.1 Å². The number of anilines is 1. The van der Waals surface area contributed by atoms with Crippen LogP contribution in [0.2, 0.25) is 0 Å². The second-order valence-corrected chi connectivity index (χ2v) is 9.26. The zero-order valence-electron chi connectivity index (χ0n) is 18.4. The molecule has 7 nitrogen and oxygen atoms in total. The summed E-state index contributed by atoms with van der Waals surface area (Å²) in [5.41, 5.74) is 1.36. The van der Waals surface area contributed by atoms with Gasteiger partial charge in [0.2, 0.25) is 5.91 Å². The molecule has 0 aromatic heterocycles. The summed E-state index contributed by atoms with van der Waals surface area (Å²) in [5, 5.41) is 2.90. The van der Waals surface area contributed by atoms with Gasteiger partial charge in [0.1, 0.15) is 12.3 Å². The number of halogens is 3. The molecule has 4 heterocycles. The van der Waals surface area contributed by atoms with E-state index in [2.05, 4.69) is 5.32 Å². The number of alkyl halides is 3. The van der Waals surface area contributed by atoms with Crippen molar-refractivity contribution in [2.45, 2.75) is 44.0 Å². The van der Waals surface area contributed by atoms with E-state index >= 15 is 0 Å². The van der Waals surface area contributed by atoms with Gasteiger partial charge in [-0.25, -0.2) is 4.79 Å². The highest BCUT2D eigenvalue weighted by Gasteiger charge is 2.43. The molecule has 3 amide bonds. The number of nitrogens with one attached hydrogen (secondary N) is 1. The molecule has 3 fully saturated rings. The Morgan fingerprint density at radius 1 is 1.09 bits per heavy atom. The van der Waals surface area contributed by atoms with Gasteiger partial charge in [0.15, 0.2) is 0 Å². The fourth-order valence-corrected chi connectivity index (χ4v) is 5.24. The molecule has 0 unspecified atom stereocenters. The van der Waals surface area contributed by atoms with Gasteiger partial charge in [-0.05, 0) is 43.0 Å². The number of urea groups is 1. The van der Waals surface area contributed by atoms with Crippen LogP contribution in [0.4, 0.5) is 23.7 Å². The smallest absolute Gasteiger partial charge is 0.366 e. The highest BCUT2D eigenvalue weighted by atomic mass is 19.4. The van der Waals surface area contributed by atoms with Gasteiger partial charge >= 0.3 is 12.2 Å². The monoisotopic (exact) mass is 464 g/mol. The maximum Gasteiger partial charge on any atom is 0.431 e. The molecule has 3 saturated heterocycles. The molecule has 178 valence electrons. The van der Waals surface area contributed by atoms with Gasteiger partial charge in [-0.3, -0.25) is 4.79 Å². The van der Waals surface area contributed by atoms with Crippen molar-refractivity contribution in [3.8, 4) is 0 Å². The van der Waals surface area contributed by atoms with E-state index in [0.717, 1.165) is 5.56 Å². The number of amides is 3. The molecule has 2 atom stereocenters. The van der Waals surface area contributed by atoms with Gasteiger partial charge in [-0.1, -0.05) is 12.1 Å². The van der Waals surface area contributed by atoms with Crippen LogP contribution in [0.25, 0.3) is 0 Å². The normalized spacial score (nSPS) is 26.3. The predicted octanol–water partition coefficient (Wildman–Crippen LogP) is 2.84. The number of allylic oxidation sites excluding steroid dienone is 1. The molecule has 10 heteroatoms. The summed E-state index contributed by atoms with van der Waals surface area (Å²) in [7, 11) is 0. The van der Waals surface area contributed by atoms with Crippen molar-refractivity contribution in [1.29, 1.82) is 0 Å². The minimum atomic E-state index is -4.37. The van der Waals surface area contributed by atoms with E-state index < -0.39 is 11.9 Å². The quantitative estimate of drug-likeness (QED) is 0.731. The highest BCUT2D eigenvalue weighted by molar-refractivity contribution is 5.79.